The fraction of sp³-hybridized carbons (Fsp3) is 0.625. The molecule has 0 spiro atoms. The van der Waals surface area contributed by atoms with E-state index in [0.29, 0.717) is 12.1 Å². The van der Waals surface area contributed by atoms with Gasteiger partial charge in [-0.15, -0.1) is 0 Å². The number of aliphatic hydroxyl groups excluding tert-OH is 1. The van der Waals surface area contributed by atoms with Crippen molar-refractivity contribution in [2.75, 3.05) is 6.61 Å². The molecule has 1 amide bonds. The van der Waals surface area contributed by atoms with Gasteiger partial charge in [0.25, 0.3) is 5.91 Å². The summed E-state index contributed by atoms with van der Waals surface area (Å²) in [6.45, 7) is 2.05. The smallest absolute Gasteiger partial charge is 0.272 e. The Bertz CT molecular complexity index is 276. The lowest BCUT2D eigenvalue weighted by Gasteiger charge is -2.11. The first kappa shape index (κ1) is 11.1. The monoisotopic (exact) mass is 215 g/mol. The average Bonchev–Trinajstić information content (AvgIpc) is 2.67. The van der Waals surface area contributed by atoms with Crippen molar-refractivity contribution in [1.82, 2.24) is 14.1 Å². The highest BCUT2D eigenvalue weighted by Crippen LogP contribution is 1.99. The van der Waals surface area contributed by atoms with E-state index in [-0.39, 0.29) is 18.6 Å². The van der Waals surface area contributed by atoms with Crippen LogP contribution in [-0.2, 0) is 0 Å². The normalized spacial score (nSPS) is 12.4. The molecule has 0 saturated heterocycles. The number of aliphatic hydroxyl groups is 1. The lowest BCUT2D eigenvalue weighted by molar-refractivity contribution is 0.0932. The van der Waals surface area contributed by atoms with Gasteiger partial charge >= 0.3 is 0 Å². The van der Waals surface area contributed by atoms with Gasteiger partial charge in [0, 0.05) is 12.6 Å². The molecule has 5 nitrogen and oxygen atoms in total. The first-order valence-electron chi connectivity index (χ1n) is 4.43. The quantitative estimate of drug-likeness (QED) is 0.747. The van der Waals surface area contributed by atoms with E-state index in [4.69, 9.17) is 5.11 Å². The van der Waals surface area contributed by atoms with Crippen molar-refractivity contribution in [3.63, 3.8) is 0 Å². The fourth-order valence-electron chi connectivity index (χ4n) is 1.03. The average molecular weight is 215 g/mol. The zero-order valence-corrected chi connectivity index (χ0v) is 8.75. The van der Waals surface area contributed by atoms with Crippen LogP contribution >= 0.6 is 11.7 Å². The van der Waals surface area contributed by atoms with Gasteiger partial charge in [0.05, 0.1) is 17.9 Å². The lowest BCUT2D eigenvalue weighted by atomic mass is 10.2. The van der Waals surface area contributed by atoms with Crippen LogP contribution in [0, 0.1) is 0 Å². The van der Waals surface area contributed by atoms with Gasteiger partial charge in [0.15, 0.2) is 5.69 Å². The van der Waals surface area contributed by atoms with Gasteiger partial charge in [0.1, 0.15) is 0 Å². The minimum absolute atomic E-state index is 0.0522. The molecular formula is C8H13N3O2S. The second kappa shape index (κ2) is 5.66. The van der Waals surface area contributed by atoms with E-state index in [9.17, 15) is 4.79 Å². The van der Waals surface area contributed by atoms with E-state index in [0.717, 1.165) is 18.1 Å². The predicted molar refractivity (Wildman–Crippen MR) is 53.2 cm³/mol. The Balaban J connectivity index is 2.34. The van der Waals surface area contributed by atoms with Crippen LogP contribution < -0.4 is 5.32 Å². The van der Waals surface area contributed by atoms with Gasteiger partial charge in [-0.25, -0.2) is 0 Å². The molecule has 6 heteroatoms. The van der Waals surface area contributed by atoms with Crippen molar-refractivity contribution in [1.29, 1.82) is 0 Å². The number of carbonyl (C=O) groups excluding carboxylic acids is 1. The molecule has 1 heterocycles. The van der Waals surface area contributed by atoms with Gasteiger partial charge in [-0.2, -0.15) is 8.75 Å². The van der Waals surface area contributed by atoms with E-state index >= 15 is 0 Å². The second-order valence-electron chi connectivity index (χ2n) is 3.03. The number of carbonyl (C=O) groups is 1. The Morgan fingerprint density at radius 2 is 2.57 bits per heavy atom. The summed E-state index contributed by atoms with van der Waals surface area (Å²) < 4.78 is 7.56. The van der Waals surface area contributed by atoms with Crippen LogP contribution in [0.1, 0.15) is 30.3 Å². The minimum Gasteiger partial charge on any atom is -0.396 e. The maximum absolute atomic E-state index is 11.4. The van der Waals surface area contributed by atoms with Crippen molar-refractivity contribution in [2.45, 2.75) is 25.8 Å². The first-order chi connectivity index (χ1) is 6.74. The third kappa shape index (κ3) is 3.39. The number of nitrogens with one attached hydrogen (secondary N) is 1. The maximum atomic E-state index is 11.4. The third-order valence-electron chi connectivity index (χ3n) is 1.77. The Labute approximate surface area is 86.5 Å². The van der Waals surface area contributed by atoms with Gasteiger partial charge in [0.2, 0.25) is 0 Å². The SMILES string of the molecule is C[C@@H](CCCO)NC(=O)c1cnsn1. The molecule has 0 radical (unpaired) electrons. The van der Waals surface area contributed by atoms with Crippen LogP contribution in [0.2, 0.25) is 0 Å². The topological polar surface area (TPSA) is 75.1 Å². The van der Waals surface area contributed by atoms with Crippen LogP contribution in [0.3, 0.4) is 0 Å². The zero-order valence-electron chi connectivity index (χ0n) is 7.93. The van der Waals surface area contributed by atoms with E-state index < -0.39 is 0 Å². The molecule has 1 aromatic rings. The molecule has 1 rings (SSSR count). The molecule has 14 heavy (non-hydrogen) atoms. The largest absolute Gasteiger partial charge is 0.396 e. The molecule has 0 fully saturated rings. The van der Waals surface area contributed by atoms with E-state index in [2.05, 4.69) is 14.1 Å². The fourth-order valence-corrected chi connectivity index (χ4v) is 1.44. The van der Waals surface area contributed by atoms with E-state index in [1.54, 1.807) is 0 Å². The highest BCUT2D eigenvalue weighted by atomic mass is 32.1. The summed E-state index contributed by atoms with van der Waals surface area (Å²) >= 11 is 1.01. The molecule has 78 valence electrons. The Hall–Kier alpha value is -1.01. The highest BCUT2D eigenvalue weighted by Gasteiger charge is 2.11. The summed E-state index contributed by atoms with van der Waals surface area (Å²) in [5.74, 6) is -0.204. The Morgan fingerprint density at radius 3 is 3.14 bits per heavy atom. The molecule has 0 bridgehead atoms. The lowest BCUT2D eigenvalue weighted by Crippen LogP contribution is -2.32. The van der Waals surface area contributed by atoms with E-state index in [1.807, 2.05) is 6.92 Å². The van der Waals surface area contributed by atoms with Crippen LogP contribution in [-0.4, -0.2) is 32.4 Å². The third-order valence-corrected chi connectivity index (χ3v) is 2.24. The zero-order chi connectivity index (χ0) is 10.4. The number of hydrogen-bond acceptors (Lipinski definition) is 5. The Morgan fingerprint density at radius 1 is 1.79 bits per heavy atom. The maximum Gasteiger partial charge on any atom is 0.272 e. The van der Waals surface area contributed by atoms with Gasteiger partial charge in [-0.1, -0.05) is 0 Å². The second-order valence-corrected chi connectivity index (χ2v) is 3.59. The van der Waals surface area contributed by atoms with Gasteiger partial charge in [-0.3, -0.25) is 4.79 Å². The summed E-state index contributed by atoms with van der Waals surface area (Å²) in [7, 11) is 0. The molecule has 0 aliphatic heterocycles. The number of nitrogens with zero attached hydrogens (tertiary/aromatic N) is 2. The molecular weight excluding hydrogens is 202 g/mol. The number of hydrogen-bond donors (Lipinski definition) is 2. The summed E-state index contributed by atoms with van der Waals surface area (Å²) in [6.07, 6.45) is 2.90. The summed E-state index contributed by atoms with van der Waals surface area (Å²) in [5, 5.41) is 11.4. The van der Waals surface area contributed by atoms with Crippen molar-refractivity contribution < 1.29 is 9.90 Å². The van der Waals surface area contributed by atoms with Crippen LogP contribution in [0.4, 0.5) is 0 Å². The van der Waals surface area contributed by atoms with Crippen molar-refractivity contribution in [3.05, 3.63) is 11.9 Å². The molecule has 0 aliphatic rings. The van der Waals surface area contributed by atoms with Crippen LogP contribution in [0.5, 0.6) is 0 Å². The summed E-state index contributed by atoms with van der Waals surface area (Å²) in [6, 6.07) is 0.0522. The number of amides is 1. The van der Waals surface area contributed by atoms with E-state index in [1.165, 1.54) is 6.20 Å². The highest BCUT2D eigenvalue weighted by molar-refractivity contribution is 6.99. The van der Waals surface area contributed by atoms with Crippen LogP contribution in [0.15, 0.2) is 6.20 Å². The number of aromatic nitrogens is 2. The standard InChI is InChI=1S/C8H13N3O2S/c1-6(3-2-4-12)10-8(13)7-5-9-14-11-7/h5-6,12H,2-4H2,1H3,(H,10,13)/t6-/m0/s1. The van der Waals surface area contributed by atoms with Crippen molar-refractivity contribution in [3.8, 4) is 0 Å². The molecule has 0 aromatic carbocycles. The molecule has 0 aliphatic carbocycles. The molecule has 1 atom stereocenters. The number of rotatable bonds is 5. The van der Waals surface area contributed by atoms with Gasteiger partial charge in [-0.05, 0) is 19.8 Å². The first-order valence-corrected chi connectivity index (χ1v) is 5.16. The predicted octanol–water partition coefficient (Wildman–Crippen LogP) is 0.429. The summed E-state index contributed by atoms with van der Waals surface area (Å²) in [5.41, 5.74) is 0.353. The Kier molecular flexibility index (Phi) is 4.48. The molecule has 2 N–H and O–H groups in total. The molecule has 1 aromatic heterocycles. The molecule has 0 unspecified atom stereocenters. The van der Waals surface area contributed by atoms with Gasteiger partial charge < -0.3 is 10.4 Å². The van der Waals surface area contributed by atoms with Crippen molar-refractivity contribution >= 4 is 17.6 Å². The summed E-state index contributed by atoms with van der Waals surface area (Å²) in [4.78, 5) is 11.4. The van der Waals surface area contributed by atoms with Crippen molar-refractivity contribution in [2.24, 2.45) is 0 Å². The van der Waals surface area contributed by atoms with Crippen LogP contribution in [0.25, 0.3) is 0 Å². The molecule has 0 saturated carbocycles. The minimum atomic E-state index is -0.204.